The van der Waals surface area contributed by atoms with Crippen LogP contribution in [0.15, 0.2) is 0 Å². The van der Waals surface area contributed by atoms with Gasteiger partial charge in [0.2, 0.25) is 0 Å². The molecule has 2 heterocycles. The summed E-state index contributed by atoms with van der Waals surface area (Å²) in [5.74, 6) is 1.44. The average molecular weight is 383 g/mol. The first-order chi connectivity index (χ1) is 12.7. The minimum atomic E-state index is 0.118. The fraction of sp³-hybridized carbons (Fsp3) is 1.00. The molecule has 2 fully saturated rings. The molecule has 27 heavy (non-hydrogen) atoms. The SMILES string of the molecule is CCCN1CCCC(C)(C(C)C)C1.CCCN1CCCC(OC)(C(C)C)C1. The lowest BCUT2D eigenvalue weighted by atomic mass is 9.73. The molecule has 3 nitrogen and oxygen atoms in total. The summed E-state index contributed by atoms with van der Waals surface area (Å²) in [6, 6.07) is 0. The summed E-state index contributed by atoms with van der Waals surface area (Å²) in [7, 11) is 1.87. The Kier molecular flexibility index (Phi) is 10.9. The van der Waals surface area contributed by atoms with Crippen LogP contribution in [0.3, 0.4) is 0 Å². The highest BCUT2D eigenvalue weighted by Crippen LogP contribution is 2.36. The summed E-state index contributed by atoms with van der Waals surface area (Å²) >= 11 is 0. The first-order valence-corrected chi connectivity index (χ1v) is 11.7. The summed E-state index contributed by atoms with van der Waals surface area (Å²) in [6.07, 6.45) is 7.87. The third-order valence-corrected chi connectivity index (χ3v) is 7.30. The van der Waals surface area contributed by atoms with Gasteiger partial charge in [-0.25, -0.2) is 0 Å². The third kappa shape index (κ3) is 7.33. The molecule has 0 aromatic heterocycles. The number of ether oxygens (including phenoxy) is 1. The van der Waals surface area contributed by atoms with Gasteiger partial charge in [-0.2, -0.15) is 0 Å². The Morgan fingerprint density at radius 3 is 1.78 bits per heavy atom. The first kappa shape index (κ1) is 24.9. The molecule has 2 atom stereocenters. The van der Waals surface area contributed by atoms with Crippen molar-refractivity contribution in [3.63, 3.8) is 0 Å². The van der Waals surface area contributed by atoms with Gasteiger partial charge in [0, 0.05) is 20.2 Å². The van der Waals surface area contributed by atoms with Crippen LogP contribution in [-0.2, 0) is 4.74 Å². The Morgan fingerprint density at radius 1 is 0.815 bits per heavy atom. The van der Waals surface area contributed by atoms with Gasteiger partial charge >= 0.3 is 0 Å². The lowest BCUT2D eigenvalue weighted by molar-refractivity contribution is -0.0949. The Labute approximate surface area is 171 Å². The van der Waals surface area contributed by atoms with Crippen LogP contribution in [0.2, 0.25) is 0 Å². The molecule has 0 bridgehead atoms. The van der Waals surface area contributed by atoms with Gasteiger partial charge < -0.3 is 14.5 Å². The van der Waals surface area contributed by atoms with E-state index in [0.717, 1.165) is 12.5 Å². The van der Waals surface area contributed by atoms with Gasteiger partial charge in [0.1, 0.15) is 0 Å². The molecule has 0 saturated carbocycles. The predicted octanol–water partition coefficient (Wildman–Crippen LogP) is 5.69. The first-order valence-electron chi connectivity index (χ1n) is 11.7. The van der Waals surface area contributed by atoms with Crippen LogP contribution in [0.4, 0.5) is 0 Å². The lowest BCUT2D eigenvalue weighted by Crippen LogP contribution is -2.52. The molecule has 3 heteroatoms. The third-order valence-electron chi connectivity index (χ3n) is 7.30. The van der Waals surface area contributed by atoms with E-state index in [2.05, 4.69) is 58.3 Å². The van der Waals surface area contributed by atoms with E-state index in [4.69, 9.17) is 4.74 Å². The number of methoxy groups -OCH3 is 1. The normalized spacial score (nSPS) is 30.4. The second-order valence-electron chi connectivity index (χ2n) is 9.99. The van der Waals surface area contributed by atoms with Crippen molar-refractivity contribution in [1.29, 1.82) is 0 Å². The predicted molar refractivity (Wildman–Crippen MR) is 119 cm³/mol. The number of hydrogen-bond donors (Lipinski definition) is 0. The summed E-state index contributed by atoms with van der Waals surface area (Å²) in [4.78, 5) is 5.19. The van der Waals surface area contributed by atoms with Crippen LogP contribution in [0.1, 0.15) is 87.0 Å². The summed E-state index contributed by atoms with van der Waals surface area (Å²) < 4.78 is 5.78. The summed E-state index contributed by atoms with van der Waals surface area (Å²) in [6.45, 7) is 23.8. The molecular formula is C24H50N2O. The minimum absolute atomic E-state index is 0.118. The van der Waals surface area contributed by atoms with Gasteiger partial charge in [0.25, 0.3) is 0 Å². The largest absolute Gasteiger partial charge is 0.377 e. The molecule has 2 saturated heterocycles. The van der Waals surface area contributed by atoms with Crippen LogP contribution in [0, 0.1) is 17.3 Å². The van der Waals surface area contributed by atoms with Crippen LogP contribution >= 0.6 is 0 Å². The van der Waals surface area contributed by atoms with E-state index in [1.807, 2.05) is 7.11 Å². The van der Waals surface area contributed by atoms with E-state index in [0.29, 0.717) is 11.3 Å². The second kappa shape index (κ2) is 11.8. The quantitative estimate of drug-likeness (QED) is 0.562. The Bertz CT molecular complexity index is 394. The molecule has 0 aliphatic carbocycles. The van der Waals surface area contributed by atoms with Crippen LogP contribution in [0.5, 0.6) is 0 Å². The molecular weight excluding hydrogens is 332 g/mol. The van der Waals surface area contributed by atoms with E-state index in [-0.39, 0.29) is 5.60 Å². The zero-order chi connectivity index (χ0) is 20.5. The van der Waals surface area contributed by atoms with Crippen LogP contribution < -0.4 is 0 Å². The highest BCUT2D eigenvalue weighted by Gasteiger charge is 2.38. The van der Waals surface area contributed by atoms with Crippen LogP contribution in [0.25, 0.3) is 0 Å². The zero-order valence-corrected chi connectivity index (χ0v) is 19.9. The van der Waals surface area contributed by atoms with Gasteiger partial charge in [-0.05, 0) is 82.0 Å². The lowest BCUT2D eigenvalue weighted by Gasteiger charge is -2.44. The van der Waals surface area contributed by atoms with Crippen molar-refractivity contribution in [3.8, 4) is 0 Å². The maximum absolute atomic E-state index is 5.78. The standard InChI is InChI=1S/C12H25NO.C12H25N/c1-5-8-13-9-6-7-12(10-13,14-4)11(2)3;1-5-8-13-9-6-7-12(4,10-13)11(2)3/h11H,5-10H2,1-4H3;11H,5-10H2,1-4H3. The van der Waals surface area contributed by atoms with Gasteiger partial charge in [-0.1, -0.05) is 48.5 Å². The molecule has 2 rings (SSSR count). The molecule has 0 spiro atoms. The Hall–Kier alpha value is -0.120. The highest BCUT2D eigenvalue weighted by molar-refractivity contribution is 4.91. The molecule has 0 aromatic carbocycles. The summed E-state index contributed by atoms with van der Waals surface area (Å²) in [5.41, 5.74) is 0.695. The van der Waals surface area contributed by atoms with E-state index in [1.54, 1.807) is 0 Å². The molecule has 0 radical (unpaired) electrons. The molecule has 0 aromatic rings. The van der Waals surface area contributed by atoms with E-state index < -0.39 is 0 Å². The van der Waals surface area contributed by atoms with Crippen molar-refractivity contribution in [1.82, 2.24) is 9.80 Å². The molecule has 2 aliphatic heterocycles. The van der Waals surface area contributed by atoms with E-state index in [9.17, 15) is 0 Å². The average Bonchev–Trinajstić information content (AvgIpc) is 2.63. The molecule has 0 amide bonds. The fourth-order valence-electron chi connectivity index (χ4n) is 4.87. The van der Waals surface area contributed by atoms with E-state index >= 15 is 0 Å². The number of rotatable bonds is 7. The number of hydrogen-bond acceptors (Lipinski definition) is 3. The number of likely N-dealkylation sites (tertiary alicyclic amines) is 2. The van der Waals surface area contributed by atoms with Gasteiger partial charge in [-0.3, -0.25) is 0 Å². The fourth-order valence-corrected chi connectivity index (χ4v) is 4.87. The van der Waals surface area contributed by atoms with Crippen molar-refractivity contribution < 1.29 is 4.74 Å². The Balaban J connectivity index is 0.000000271. The van der Waals surface area contributed by atoms with Gasteiger partial charge in [0.05, 0.1) is 5.60 Å². The van der Waals surface area contributed by atoms with Gasteiger partial charge in [-0.15, -0.1) is 0 Å². The molecule has 0 N–H and O–H groups in total. The maximum Gasteiger partial charge on any atom is 0.0828 e. The smallest absolute Gasteiger partial charge is 0.0828 e. The molecule has 2 unspecified atom stereocenters. The van der Waals surface area contributed by atoms with Crippen molar-refractivity contribution in [2.75, 3.05) is 46.4 Å². The topological polar surface area (TPSA) is 15.7 Å². The molecule has 162 valence electrons. The Morgan fingerprint density at radius 2 is 1.33 bits per heavy atom. The van der Waals surface area contributed by atoms with Crippen molar-refractivity contribution in [2.24, 2.45) is 17.3 Å². The zero-order valence-electron chi connectivity index (χ0n) is 19.9. The monoisotopic (exact) mass is 382 g/mol. The van der Waals surface area contributed by atoms with E-state index in [1.165, 1.54) is 71.2 Å². The maximum atomic E-state index is 5.78. The second-order valence-corrected chi connectivity index (χ2v) is 9.99. The van der Waals surface area contributed by atoms with Crippen molar-refractivity contribution in [2.45, 2.75) is 92.6 Å². The number of piperidine rings is 2. The summed E-state index contributed by atoms with van der Waals surface area (Å²) in [5, 5.41) is 0. The van der Waals surface area contributed by atoms with Crippen molar-refractivity contribution in [3.05, 3.63) is 0 Å². The van der Waals surface area contributed by atoms with Gasteiger partial charge in [0.15, 0.2) is 0 Å². The van der Waals surface area contributed by atoms with Crippen molar-refractivity contribution >= 4 is 0 Å². The van der Waals surface area contributed by atoms with Crippen LogP contribution in [-0.4, -0.2) is 61.8 Å². The minimum Gasteiger partial charge on any atom is -0.377 e. The highest BCUT2D eigenvalue weighted by atomic mass is 16.5. The molecule has 2 aliphatic rings. The number of nitrogens with zero attached hydrogens (tertiary/aromatic N) is 2.